The third kappa shape index (κ3) is 3.29. The molecule has 2 aromatic rings. The fraction of sp³-hybridized carbons (Fsp3) is 0.143. The van der Waals surface area contributed by atoms with E-state index in [-0.39, 0.29) is 22.2 Å². The summed E-state index contributed by atoms with van der Waals surface area (Å²) in [5, 5.41) is 10.6. The topological polar surface area (TPSA) is 78.4 Å². The third-order valence-electron chi connectivity index (χ3n) is 2.82. The van der Waals surface area contributed by atoms with Crippen LogP contribution in [0, 0.1) is 15.9 Å². The Kier molecular flexibility index (Phi) is 4.40. The lowest BCUT2D eigenvalue weighted by Crippen LogP contribution is -2.07. The summed E-state index contributed by atoms with van der Waals surface area (Å²) in [6.45, 7) is 1.70. The van der Waals surface area contributed by atoms with Gasteiger partial charge in [-0.2, -0.15) is 0 Å². The van der Waals surface area contributed by atoms with Gasteiger partial charge >= 0.3 is 0 Å². The fourth-order valence-electron chi connectivity index (χ4n) is 1.81. The zero-order valence-electron chi connectivity index (χ0n) is 11.0. The largest absolute Gasteiger partial charge is 0.454 e. The number of nitro groups is 1. The molecule has 21 heavy (non-hydrogen) atoms. The van der Waals surface area contributed by atoms with Gasteiger partial charge in [-0.1, -0.05) is 23.7 Å². The molecule has 0 aromatic heterocycles. The number of nitrogens with zero attached hydrogens (tertiary/aromatic N) is 1. The Morgan fingerprint density at radius 3 is 2.67 bits per heavy atom. The molecule has 110 valence electrons. The number of benzene rings is 2. The van der Waals surface area contributed by atoms with E-state index in [0.29, 0.717) is 5.56 Å². The summed E-state index contributed by atoms with van der Waals surface area (Å²) in [6, 6.07) is 7.81. The van der Waals surface area contributed by atoms with E-state index < -0.39 is 16.8 Å². The van der Waals surface area contributed by atoms with Gasteiger partial charge in [-0.15, -0.1) is 0 Å². The highest BCUT2D eigenvalue weighted by molar-refractivity contribution is 6.32. The quantitative estimate of drug-likeness (QED) is 0.678. The highest BCUT2D eigenvalue weighted by Crippen LogP contribution is 2.34. The normalized spacial score (nSPS) is 12.0. The summed E-state index contributed by atoms with van der Waals surface area (Å²) < 4.78 is 19.3. The molecule has 0 spiro atoms. The minimum absolute atomic E-state index is 0.0163. The third-order valence-corrected chi connectivity index (χ3v) is 3.13. The number of halogens is 2. The van der Waals surface area contributed by atoms with Crippen molar-refractivity contribution in [1.29, 1.82) is 0 Å². The van der Waals surface area contributed by atoms with E-state index in [2.05, 4.69) is 0 Å². The molecule has 0 bridgehead atoms. The fourth-order valence-corrected chi connectivity index (χ4v) is 2.05. The average Bonchev–Trinajstić information content (AvgIpc) is 2.40. The average molecular weight is 311 g/mol. The first-order valence-electron chi connectivity index (χ1n) is 6.06. The molecule has 7 heteroatoms. The van der Waals surface area contributed by atoms with E-state index in [1.165, 1.54) is 30.3 Å². The van der Waals surface area contributed by atoms with Crippen molar-refractivity contribution < 1.29 is 14.1 Å². The molecular weight excluding hydrogens is 299 g/mol. The number of para-hydroxylation sites is 1. The molecule has 5 nitrogen and oxygen atoms in total. The van der Waals surface area contributed by atoms with E-state index in [4.69, 9.17) is 22.1 Å². The minimum atomic E-state index is -0.609. The molecule has 2 aromatic carbocycles. The van der Waals surface area contributed by atoms with Gasteiger partial charge in [-0.3, -0.25) is 10.1 Å². The molecule has 0 heterocycles. The summed E-state index contributed by atoms with van der Waals surface area (Å²) >= 11 is 5.79. The van der Waals surface area contributed by atoms with E-state index in [1.807, 2.05) is 0 Å². The lowest BCUT2D eigenvalue weighted by molar-refractivity contribution is -0.384. The molecule has 0 saturated heterocycles. The Bertz CT molecular complexity index is 692. The zero-order chi connectivity index (χ0) is 15.6. The number of ether oxygens (including phenoxy) is 1. The van der Waals surface area contributed by atoms with Gasteiger partial charge in [0.15, 0.2) is 11.6 Å². The van der Waals surface area contributed by atoms with Crippen molar-refractivity contribution in [2.45, 2.75) is 13.0 Å². The van der Waals surface area contributed by atoms with Crippen LogP contribution in [0.15, 0.2) is 36.4 Å². The maximum Gasteiger partial charge on any atom is 0.288 e. The maximum atomic E-state index is 13.9. The smallest absolute Gasteiger partial charge is 0.288 e. The Hall–Kier alpha value is -2.18. The first kappa shape index (κ1) is 15.2. The number of hydrogen-bond donors (Lipinski definition) is 1. The van der Waals surface area contributed by atoms with Crippen molar-refractivity contribution in [2.24, 2.45) is 5.73 Å². The molecule has 0 radical (unpaired) electrons. The van der Waals surface area contributed by atoms with Crippen molar-refractivity contribution in [2.75, 3.05) is 0 Å². The first-order chi connectivity index (χ1) is 9.90. The lowest BCUT2D eigenvalue weighted by Gasteiger charge is -2.14. The van der Waals surface area contributed by atoms with Crippen LogP contribution in [0.2, 0.25) is 5.02 Å². The Morgan fingerprint density at radius 2 is 2.10 bits per heavy atom. The van der Waals surface area contributed by atoms with Crippen LogP contribution in [0.1, 0.15) is 18.5 Å². The molecule has 0 unspecified atom stereocenters. The first-order valence-corrected chi connectivity index (χ1v) is 6.43. The molecule has 0 aliphatic heterocycles. The van der Waals surface area contributed by atoms with Gasteiger partial charge in [0.1, 0.15) is 10.8 Å². The van der Waals surface area contributed by atoms with Gasteiger partial charge in [0.2, 0.25) is 0 Å². The number of nitro benzene ring substituents is 1. The van der Waals surface area contributed by atoms with Gasteiger partial charge < -0.3 is 10.5 Å². The molecule has 0 fully saturated rings. The molecule has 2 N–H and O–H groups in total. The van der Waals surface area contributed by atoms with Crippen LogP contribution < -0.4 is 10.5 Å². The summed E-state index contributed by atoms with van der Waals surface area (Å²) in [6.07, 6.45) is 0. The van der Waals surface area contributed by atoms with Gasteiger partial charge in [-0.05, 0) is 19.1 Å². The van der Waals surface area contributed by atoms with Gasteiger partial charge in [0, 0.05) is 23.7 Å². The molecule has 0 saturated carbocycles. The predicted octanol–water partition coefficient (Wildman–Crippen LogP) is 4.20. The Labute approximate surface area is 125 Å². The SMILES string of the molecule is C[C@@H](N)c1cccc(F)c1Oc1ccc([N+](=O)[O-])c(Cl)c1. The molecule has 0 aliphatic carbocycles. The Balaban J connectivity index is 2.39. The summed E-state index contributed by atoms with van der Waals surface area (Å²) in [5.74, 6) is -0.394. The standard InChI is InChI=1S/C14H12ClFN2O3/c1-8(17)10-3-2-4-12(16)14(10)21-9-5-6-13(18(19)20)11(15)7-9/h2-8H,17H2,1H3/t8-/m1/s1. The Morgan fingerprint density at radius 1 is 1.38 bits per heavy atom. The zero-order valence-corrected chi connectivity index (χ0v) is 11.8. The number of hydrogen-bond acceptors (Lipinski definition) is 4. The minimum Gasteiger partial charge on any atom is -0.454 e. The molecule has 0 amide bonds. The van der Waals surface area contributed by atoms with Gasteiger partial charge in [0.05, 0.1) is 4.92 Å². The van der Waals surface area contributed by atoms with Crippen molar-refractivity contribution in [1.82, 2.24) is 0 Å². The summed E-state index contributed by atoms with van der Waals surface area (Å²) in [4.78, 5) is 10.1. The molecule has 1 atom stereocenters. The van der Waals surface area contributed by atoms with Crippen LogP contribution in [0.3, 0.4) is 0 Å². The summed E-state index contributed by atoms with van der Waals surface area (Å²) in [5.41, 5.74) is 6.01. The van der Waals surface area contributed by atoms with Crippen LogP contribution >= 0.6 is 11.6 Å². The second-order valence-electron chi connectivity index (χ2n) is 4.42. The van der Waals surface area contributed by atoms with Crippen molar-refractivity contribution in [3.63, 3.8) is 0 Å². The van der Waals surface area contributed by atoms with E-state index in [9.17, 15) is 14.5 Å². The van der Waals surface area contributed by atoms with Gasteiger partial charge in [0.25, 0.3) is 5.69 Å². The highest BCUT2D eigenvalue weighted by atomic mass is 35.5. The van der Waals surface area contributed by atoms with Crippen LogP contribution in [-0.2, 0) is 0 Å². The van der Waals surface area contributed by atoms with Crippen LogP contribution in [0.5, 0.6) is 11.5 Å². The number of nitrogens with two attached hydrogens (primary N) is 1. The lowest BCUT2D eigenvalue weighted by atomic mass is 10.1. The van der Waals surface area contributed by atoms with Crippen molar-refractivity contribution >= 4 is 17.3 Å². The second-order valence-corrected chi connectivity index (χ2v) is 4.83. The molecular formula is C14H12ClFN2O3. The number of rotatable bonds is 4. The monoisotopic (exact) mass is 310 g/mol. The van der Waals surface area contributed by atoms with Crippen LogP contribution in [-0.4, -0.2) is 4.92 Å². The van der Waals surface area contributed by atoms with E-state index in [1.54, 1.807) is 13.0 Å². The predicted molar refractivity (Wildman–Crippen MR) is 77.2 cm³/mol. The molecule has 2 rings (SSSR count). The van der Waals surface area contributed by atoms with Crippen molar-refractivity contribution in [3.05, 3.63) is 62.9 Å². The van der Waals surface area contributed by atoms with E-state index in [0.717, 1.165) is 0 Å². The molecule has 0 aliphatic rings. The second kappa shape index (κ2) is 6.07. The maximum absolute atomic E-state index is 13.9. The van der Waals surface area contributed by atoms with Crippen molar-refractivity contribution in [3.8, 4) is 11.5 Å². The van der Waals surface area contributed by atoms with Gasteiger partial charge in [-0.25, -0.2) is 4.39 Å². The summed E-state index contributed by atoms with van der Waals surface area (Å²) in [7, 11) is 0. The van der Waals surface area contributed by atoms with E-state index >= 15 is 0 Å². The van der Waals surface area contributed by atoms with Crippen LogP contribution in [0.25, 0.3) is 0 Å². The van der Waals surface area contributed by atoms with Crippen LogP contribution in [0.4, 0.5) is 10.1 Å². The highest BCUT2D eigenvalue weighted by Gasteiger charge is 2.17.